The zero-order valence-corrected chi connectivity index (χ0v) is 12.5. The molecule has 0 fully saturated rings. The summed E-state index contributed by atoms with van der Waals surface area (Å²) in [4.78, 5) is 24.9. The molecule has 0 bridgehead atoms. The van der Waals surface area contributed by atoms with Gasteiger partial charge in [0.1, 0.15) is 0 Å². The number of halogens is 2. The third-order valence-corrected chi connectivity index (χ3v) is 3.40. The number of benzene rings is 1. The van der Waals surface area contributed by atoms with Crippen LogP contribution in [0.25, 0.3) is 0 Å². The van der Waals surface area contributed by atoms with Crippen LogP contribution in [-0.2, 0) is 9.53 Å². The minimum atomic E-state index is -0.387. The largest absolute Gasteiger partial charge is 0.469 e. The van der Waals surface area contributed by atoms with Gasteiger partial charge in [-0.15, -0.1) is 0 Å². The summed E-state index contributed by atoms with van der Waals surface area (Å²) >= 11 is 11.7. The number of esters is 1. The van der Waals surface area contributed by atoms with Crippen LogP contribution in [0.1, 0.15) is 17.3 Å². The van der Waals surface area contributed by atoms with Crippen molar-refractivity contribution >= 4 is 35.1 Å². The number of ether oxygens (including phenoxy) is 1. The number of nitrogens with zero attached hydrogens (tertiary/aromatic N) is 1. The Morgan fingerprint density at radius 1 is 1.32 bits per heavy atom. The SMILES string of the molecule is COC(=O)C(C)CN(C)C(=O)c1ccc(Cl)c(Cl)c1. The molecule has 1 unspecified atom stereocenters. The lowest BCUT2D eigenvalue weighted by Gasteiger charge is -2.20. The molecule has 0 radical (unpaired) electrons. The average Bonchev–Trinajstić information content (AvgIpc) is 2.39. The van der Waals surface area contributed by atoms with Gasteiger partial charge in [-0.25, -0.2) is 0 Å². The molecule has 1 atom stereocenters. The van der Waals surface area contributed by atoms with Crippen molar-refractivity contribution in [1.29, 1.82) is 0 Å². The normalized spacial score (nSPS) is 11.8. The Morgan fingerprint density at radius 3 is 2.47 bits per heavy atom. The van der Waals surface area contributed by atoms with E-state index in [0.717, 1.165) is 0 Å². The number of rotatable bonds is 4. The first-order valence-electron chi connectivity index (χ1n) is 5.65. The van der Waals surface area contributed by atoms with E-state index in [1.54, 1.807) is 26.1 Å². The molecule has 0 aliphatic rings. The number of methoxy groups -OCH3 is 1. The number of hydrogen-bond acceptors (Lipinski definition) is 3. The minimum absolute atomic E-state index is 0.227. The van der Waals surface area contributed by atoms with Crippen LogP contribution in [0.3, 0.4) is 0 Å². The summed E-state index contributed by atoms with van der Waals surface area (Å²) in [5.41, 5.74) is 0.425. The number of amides is 1. The summed E-state index contributed by atoms with van der Waals surface area (Å²) in [6.07, 6.45) is 0. The summed E-state index contributed by atoms with van der Waals surface area (Å²) < 4.78 is 4.62. The molecule has 1 aromatic carbocycles. The molecule has 19 heavy (non-hydrogen) atoms. The average molecular weight is 304 g/mol. The molecule has 1 aromatic rings. The van der Waals surface area contributed by atoms with E-state index in [1.807, 2.05) is 0 Å². The topological polar surface area (TPSA) is 46.6 Å². The third kappa shape index (κ3) is 4.11. The Balaban J connectivity index is 2.76. The molecule has 0 heterocycles. The molecule has 0 aliphatic heterocycles. The van der Waals surface area contributed by atoms with E-state index in [4.69, 9.17) is 23.2 Å². The fourth-order valence-corrected chi connectivity index (χ4v) is 1.92. The maximum atomic E-state index is 12.1. The quantitative estimate of drug-likeness (QED) is 0.804. The highest BCUT2D eigenvalue weighted by Crippen LogP contribution is 2.23. The van der Waals surface area contributed by atoms with E-state index >= 15 is 0 Å². The monoisotopic (exact) mass is 303 g/mol. The molecule has 0 N–H and O–H groups in total. The standard InChI is InChI=1S/C13H15Cl2NO3/c1-8(13(18)19-3)7-16(2)12(17)9-4-5-10(14)11(15)6-9/h4-6,8H,7H2,1-3H3. The fraction of sp³-hybridized carbons (Fsp3) is 0.385. The van der Waals surface area contributed by atoms with Crippen molar-refractivity contribution in [1.82, 2.24) is 4.90 Å². The van der Waals surface area contributed by atoms with E-state index in [2.05, 4.69) is 4.74 Å². The van der Waals surface area contributed by atoms with Crippen molar-refractivity contribution in [3.63, 3.8) is 0 Å². The first kappa shape index (κ1) is 15.8. The maximum Gasteiger partial charge on any atom is 0.310 e. The van der Waals surface area contributed by atoms with Crippen LogP contribution in [-0.4, -0.2) is 37.5 Å². The lowest BCUT2D eigenvalue weighted by atomic mass is 10.1. The van der Waals surface area contributed by atoms with E-state index < -0.39 is 0 Å². The Bertz CT molecular complexity index is 491. The van der Waals surface area contributed by atoms with Crippen LogP contribution >= 0.6 is 23.2 Å². The van der Waals surface area contributed by atoms with Gasteiger partial charge in [0.15, 0.2) is 0 Å². The Hall–Kier alpha value is -1.26. The highest BCUT2D eigenvalue weighted by atomic mass is 35.5. The lowest BCUT2D eigenvalue weighted by molar-refractivity contribution is -0.145. The highest BCUT2D eigenvalue weighted by molar-refractivity contribution is 6.42. The molecule has 1 rings (SSSR count). The van der Waals surface area contributed by atoms with Crippen LogP contribution in [0.4, 0.5) is 0 Å². The van der Waals surface area contributed by atoms with Gasteiger partial charge in [-0.1, -0.05) is 30.1 Å². The predicted molar refractivity (Wildman–Crippen MR) is 74.6 cm³/mol. The van der Waals surface area contributed by atoms with Gasteiger partial charge in [-0.2, -0.15) is 0 Å². The van der Waals surface area contributed by atoms with Crippen LogP contribution in [0, 0.1) is 5.92 Å². The van der Waals surface area contributed by atoms with Gasteiger partial charge >= 0.3 is 5.97 Å². The first-order chi connectivity index (χ1) is 8.86. The van der Waals surface area contributed by atoms with Gasteiger partial charge in [0.2, 0.25) is 0 Å². The molecule has 4 nitrogen and oxygen atoms in total. The summed E-state index contributed by atoms with van der Waals surface area (Å²) in [5, 5.41) is 0.714. The third-order valence-electron chi connectivity index (χ3n) is 2.66. The van der Waals surface area contributed by atoms with Crippen molar-refractivity contribution in [2.24, 2.45) is 5.92 Å². The second kappa shape index (κ2) is 6.78. The van der Waals surface area contributed by atoms with Crippen LogP contribution < -0.4 is 0 Å². The smallest absolute Gasteiger partial charge is 0.310 e. The minimum Gasteiger partial charge on any atom is -0.469 e. The molecule has 0 aliphatic carbocycles. The summed E-state index contributed by atoms with van der Waals surface area (Å²) in [6.45, 7) is 1.97. The fourth-order valence-electron chi connectivity index (χ4n) is 1.62. The highest BCUT2D eigenvalue weighted by Gasteiger charge is 2.20. The molecular weight excluding hydrogens is 289 g/mol. The Labute approximate surface area is 122 Å². The van der Waals surface area contributed by atoms with Gasteiger partial charge in [0.05, 0.1) is 23.1 Å². The van der Waals surface area contributed by atoms with E-state index in [9.17, 15) is 9.59 Å². The van der Waals surface area contributed by atoms with E-state index in [0.29, 0.717) is 15.6 Å². The van der Waals surface area contributed by atoms with Gasteiger partial charge in [-0.3, -0.25) is 9.59 Å². The molecule has 0 spiro atoms. The number of carbonyl (C=O) groups is 2. The zero-order valence-electron chi connectivity index (χ0n) is 10.9. The van der Waals surface area contributed by atoms with Crippen molar-refractivity contribution in [2.75, 3.05) is 20.7 Å². The summed E-state index contributed by atoms with van der Waals surface area (Å²) in [5.74, 6) is -0.968. The Morgan fingerprint density at radius 2 is 1.95 bits per heavy atom. The van der Waals surface area contributed by atoms with Crippen LogP contribution in [0.15, 0.2) is 18.2 Å². The maximum absolute atomic E-state index is 12.1. The second-order valence-corrected chi connectivity index (χ2v) is 5.05. The van der Waals surface area contributed by atoms with Gasteiger partial charge in [-0.05, 0) is 18.2 Å². The van der Waals surface area contributed by atoms with Gasteiger partial charge in [0.25, 0.3) is 5.91 Å². The molecule has 6 heteroatoms. The second-order valence-electron chi connectivity index (χ2n) is 4.24. The van der Waals surface area contributed by atoms with Gasteiger partial charge < -0.3 is 9.64 Å². The molecule has 104 valence electrons. The van der Waals surface area contributed by atoms with Crippen molar-refractivity contribution in [2.45, 2.75) is 6.92 Å². The van der Waals surface area contributed by atoms with Gasteiger partial charge in [0, 0.05) is 19.2 Å². The predicted octanol–water partition coefficient (Wildman–Crippen LogP) is 2.87. The first-order valence-corrected chi connectivity index (χ1v) is 6.40. The molecule has 0 aromatic heterocycles. The number of hydrogen-bond donors (Lipinski definition) is 0. The molecular formula is C13H15Cl2NO3. The van der Waals surface area contributed by atoms with Crippen LogP contribution in [0.5, 0.6) is 0 Å². The molecule has 1 amide bonds. The summed E-state index contributed by atoms with van der Waals surface area (Å²) in [7, 11) is 2.93. The van der Waals surface area contributed by atoms with E-state index in [1.165, 1.54) is 18.1 Å². The van der Waals surface area contributed by atoms with E-state index in [-0.39, 0.29) is 24.3 Å². The van der Waals surface area contributed by atoms with Crippen molar-refractivity contribution in [3.8, 4) is 0 Å². The Kier molecular flexibility index (Phi) is 5.63. The summed E-state index contributed by atoms with van der Waals surface area (Å²) in [6, 6.07) is 4.66. The van der Waals surface area contributed by atoms with Crippen molar-refractivity contribution in [3.05, 3.63) is 33.8 Å². The lowest BCUT2D eigenvalue weighted by Crippen LogP contribution is -2.34. The molecule has 0 saturated heterocycles. The van der Waals surface area contributed by atoms with Crippen molar-refractivity contribution < 1.29 is 14.3 Å². The van der Waals surface area contributed by atoms with Crippen LogP contribution in [0.2, 0.25) is 10.0 Å². The molecule has 0 saturated carbocycles. The zero-order chi connectivity index (χ0) is 14.6. The number of carbonyl (C=O) groups excluding carboxylic acids is 2.